The highest BCUT2D eigenvalue weighted by Gasteiger charge is 2.15. The van der Waals surface area contributed by atoms with Crippen LogP contribution in [0.1, 0.15) is 52.9 Å². The fourth-order valence-electron chi connectivity index (χ4n) is 1.49. The van der Waals surface area contributed by atoms with E-state index in [1.54, 1.807) is 13.8 Å². The summed E-state index contributed by atoms with van der Waals surface area (Å²) in [6.45, 7) is 5.31. The van der Waals surface area contributed by atoms with Crippen molar-refractivity contribution in [1.82, 2.24) is 0 Å². The maximum absolute atomic E-state index is 11.3. The van der Waals surface area contributed by atoms with Crippen molar-refractivity contribution >= 4 is 5.97 Å². The van der Waals surface area contributed by atoms with E-state index >= 15 is 0 Å². The lowest BCUT2D eigenvalue weighted by molar-refractivity contribution is -0.152. The minimum atomic E-state index is -0.661. The Hall–Kier alpha value is -0.610. The highest BCUT2D eigenvalue weighted by Crippen LogP contribution is 2.12. The monoisotopic (exact) mass is 232 g/mol. The van der Waals surface area contributed by atoms with E-state index in [0.29, 0.717) is 12.8 Å². The molecule has 0 aromatic heterocycles. The average molecular weight is 232 g/mol. The molecule has 0 amide bonds. The van der Waals surface area contributed by atoms with Crippen LogP contribution in [0, 0.1) is 0 Å². The SMILES string of the molecule is CCCC(CCC(C)O)OC(=O)CC(C)O. The summed E-state index contributed by atoms with van der Waals surface area (Å²) in [4.78, 5) is 11.3. The summed E-state index contributed by atoms with van der Waals surface area (Å²) < 4.78 is 5.24. The summed E-state index contributed by atoms with van der Waals surface area (Å²) in [6, 6.07) is 0. The smallest absolute Gasteiger partial charge is 0.308 e. The predicted octanol–water partition coefficient (Wildman–Crippen LogP) is 1.63. The third-order valence-electron chi connectivity index (χ3n) is 2.28. The second-order valence-electron chi connectivity index (χ2n) is 4.38. The Morgan fingerprint density at radius 1 is 1.12 bits per heavy atom. The number of esters is 1. The molecule has 0 radical (unpaired) electrons. The Morgan fingerprint density at radius 3 is 2.19 bits per heavy atom. The number of ether oxygens (including phenoxy) is 1. The van der Waals surface area contributed by atoms with E-state index in [4.69, 9.17) is 14.9 Å². The molecular formula is C12H24O4. The molecule has 3 atom stereocenters. The van der Waals surface area contributed by atoms with Gasteiger partial charge in [0.2, 0.25) is 0 Å². The van der Waals surface area contributed by atoms with Gasteiger partial charge in [0.05, 0.1) is 18.6 Å². The van der Waals surface area contributed by atoms with Crippen molar-refractivity contribution in [2.45, 2.75) is 71.2 Å². The average Bonchev–Trinajstić information content (AvgIpc) is 2.13. The molecule has 0 aliphatic heterocycles. The maximum Gasteiger partial charge on any atom is 0.308 e. The third kappa shape index (κ3) is 8.68. The number of hydrogen-bond donors (Lipinski definition) is 2. The topological polar surface area (TPSA) is 66.8 Å². The van der Waals surface area contributed by atoms with Crippen molar-refractivity contribution in [3.63, 3.8) is 0 Å². The van der Waals surface area contributed by atoms with Gasteiger partial charge in [-0.15, -0.1) is 0 Å². The molecule has 0 heterocycles. The second kappa shape index (κ2) is 8.53. The lowest BCUT2D eigenvalue weighted by Crippen LogP contribution is -2.22. The van der Waals surface area contributed by atoms with Crippen LogP contribution in [-0.2, 0) is 9.53 Å². The molecule has 0 aromatic carbocycles. The second-order valence-corrected chi connectivity index (χ2v) is 4.38. The van der Waals surface area contributed by atoms with E-state index < -0.39 is 6.10 Å². The molecule has 3 unspecified atom stereocenters. The number of carbonyl (C=O) groups excluding carboxylic acids is 1. The Morgan fingerprint density at radius 2 is 1.75 bits per heavy atom. The summed E-state index contributed by atoms with van der Waals surface area (Å²) in [5.41, 5.74) is 0. The van der Waals surface area contributed by atoms with Crippen LogP contribution in [0.5, 0.6) is 0 Å². The molecule has 0 spiro atoms. The first-order valence-corrected chi connectivity index (χ1v) is 6.01. The van der Waals surface area contributed by atoms with Crippen molar-refractivity contribution in [1.29, 1.82) is 0 Å². The van der Waals surface area contributed by atoms with Gasteiger partial charge in [-0.25, -0.2) is 0 Å². The van der Waals surface area contributed by atoms with Crippen LogP contribution >= 0.6 is 0 Å². The van der Waals surface area contributed by atoms with Crippen LogP contribution in [0.25, 0.3) is 0 Å². The van der Waals surface area contributed by atoms with Gasteiger partial charge in [-0.1, -0.05) is 13.3 Å². The molecule has 0 aromatic rings. The molecule has 0 saturated heterocycles. The van der Waals surface area contributed by atoms with Gasteiger partial charge in [-0.3, -0.25) is 4.79 Å². The summed E-state index contributed by atoms with van der Waals surface area (Å²) in [7, 11) is 0. The van der Waals surface area contributed by atoms with Crippen LogP contribution in [0.4, 0.5) is 0 Å². The molecule has 0 aliphatic carbocycles. The fraction of sp³-hybridized carbons (Fsp3) is 0.917. The van der Waals surface area contributed by atoms with Gasteiger partial charge in [-0.2, -0.15) is 0 Å². The minimum Gasteiger partial charge on any atom is -0.462 e. The molecule has 0 rings (SSSR count). The molecule has 0 aliphatic rings. The molecule has 96 valence electrons. The van der Waals surface area contributed by atoms with E-state index in [9.17, 15) is 4.79 Å². The summed E-state index contributed by atoms with van der Waals surface area (Å²) in [6.07, 6.45) is 1.93. The van der Waals surface area contributed by atoms with E-state index in [0.717, 1.165) is 12.8 Å². The first-order chi connectivity index (χ1) is 7.45. The van der Waals surface area contributed by atoms with Crippen molar-refractivity contribution in [2.75, 3.05) is 0 Å². The Balaban J connectivity index is 3.96. The van der Waals surface area contributed by atoms with Crippen LogP contribution in [-0.4, -0.2) is 34.5 Å². The third-order valence-corrected chi connectivity index (χ3v) is 2.28. The highest BCUT2D eigenvalue weighted by molar-refractivity contribution is 5.70. The van der Waals surface area contributed by atoms with Gasteiger partial charge < -0.3 is 14.9 Å². The molecule has 0 saturated carbocycles. The largest absolute Gasteiger partial charge is 0.462 e. The van der Waals surface area contributed by atoms with E-state index in [-0.39, 0.29) is 24.6 Å². The summed E-state index contributed by atoms with van der Waals surface area (Å²) >= 11 is 0. The lowest BCUT2D eigenvalue weighted by atomic mass is 10.1. The van der Waals surface area contributed by atoms with Crippen molar-refractivity contribution in [3.8, 4) is 0 Å². The quantitative estimate of drug-likeness (QED) is 0.624. The molecule has 16 heavy (non-hydrogen) atoms. The lowest BCUT2D eigenvalue weighted by Gasteiger charge is -2.18. The minimum absolute atomic E-state index is 0.0366. The van der Waals surface area contributed by atoms with Crippen LogP contribution in [0.3, 0.4) is 0 Å². The van der Waals surface area contributed by atoms with E-state index in [2.05, 4.69) is 0 Å². The molecule has 4 nitrogen and oxygen atoms in total. The molecule has 2 N–H and O–H groups in total. The summed E-state index contributed by atoms with van der Waals surface area (Å²) in [5.74, 6) is -0.362. The van der Waals surface area contributed by atoms with Gasteiger partial charge in [-0.05, 0) is 33.1 Å². The predicted molar refractivity (Wildman–Crippen MR) is 62.0 cm³/mol. The van der Waals surface area contributed by atoms with Gasteiger partial charge in [0.1, 0.15) is 6.10 Å². The highest BCUT2D eigenvalue weighted by atomic mass is 16.5. The number of rotatable bonds is 8. The number of aliphatic hydroxyl groups is 2. The first kappa shape index (κ1) is 15.4. The number of hydrogen-bond acceptors (Lipinski definition) is 4. The molecule has 0 bridgehead atoms. The normalized spacial score (nSPS) is 16.6. The van der Waals surface area contributed by atoms with E-state index in [1.807, 2.05) is 6.92 Å². The fourth-order valence-corrected chi connectivity index (χ4v) is 1.49. The van der Waals surface area contributed by atoms with Crippen LogP contribution < -0.4 is 0 Å². The van der Waals surface area contributed by atoms with E-state index in [1.165, 1.54) is 0 Å². The van der Waals surface area contributed by atoms with Gasteiger partial charge in [0, 0.05) is 0 Å². The first-order valence-electron chi connectivity index (χ1n) is 6.01. The van der Waals surface area contributed by atoms with Gasteiger partial charge in [0.15, 0.2) is 0 Å². The Labute approximate surface area is 97.6 Å². The van der Waals surface area contributed by atoms with Crippen molar-refractivity contribution in [3.05, 3.63) is 0 Å². The molecular weight excluding hydrogens is 208 g/mol. The maximum atomic E-state index is 11.3. The van der Waals surface area contributed by atoms with Gasteiger partial charge >= 0.3 is 5.97 Å². The molecule has 4 heteroatoms. The number of aliphatic hydroxyl groups excluding tert-OH is 2. The van der Waals surface area contributed by atoms with Crippen molar-refractivity contribution in [2.24, 2.45) is 0 Å². The zero-order valence-electron chi connectivity index (χ0n) is 10.5. The van der Waals surface area contributed by atoms with Gasteiger partial charge in [0.25, 0.3) is 0 Å². The number of carbonyl (C=O) groups is 1. The summed E-state index contributed by atoms with van der Waals surface area (Å²) in [5, 5.41) is 18.2. The Kier molecular flexibility index (Phi) is 8.21. The zero-order chi connectivity index (χ0) is 12.6. The standard InChI is InChI=1S/C12H24O4/c1-4-5-11(7-6-9(2)13)16-12(15)8-10(3)14/h9-11,13-14H,4-8H2,1-3H3. The van der Waals surface area contributed by atoms with Crippen molar-refractivity contribution < 1.29 is 19.7 Å². The van der Waals surface area contributed by atoms with Crippen LogP contribution in [0.15, 0.2) is 0 Å². The van der Waals surface area contributed by atoms with Crippen LogP contribution in [0.2, 0.25) is 0 Å². The Bertz CT molecular complexity index is 189. The zero-order valence-corrected chi connectivity index (χ0v) is 10.5. The molecule has 0 fully saturated rings.